The van der Waals surface area contributed by atoms with Crippen LogP contribution >= 0.6 is 0 Å². The van der Waals surface area contributed by atoms with E-state index in [2.05, 4.69) is 6.92 Å². The van der Waals surface area contributed by atoms with Gasteiger partial charge in [-0.25, -0.2) is 0 Å². The van der Waals surface area contributed by atoms with E-state index < -0.39 is 0 Å². The van der Waals surface area contributed by atoms with Crippen molar-refractivity contribution in [2.24, 2.45) is 11.8 Å². The van der Waals surface area contributed by atoms with Crippen molar-refractivity contribution in [1.82, 2.24) is 0 Å². The van der Waals surface area contributed by atoms with Crippen LogP contribution in [-0.4, -0.2) is 29.9 Å². The van der Waals surface area contributed by atoms with Gasteiger partial charge < -0.3 is 9.47 Å². The SMILES string of the molecule is COC([SiH3])(OC)C(C)C1CCCCC1. The Hall–Kier alpha value is 0.137. The van der Waals surface area contributed by atoms with Crippen LogP contribution in [0.15, 0.2) is 0 Å². The van der Waals surface area contributed by atoms with E-state index in [-0.39, 0.29) is 5.41 Å². The van der Waals surface area contributed by atoms with Crippen molar-refractivity contribution < 1.29 is 9.47 Å². The molecule has 1 atom stereocenters. The number of methoxy groups -OCH3 is 2. The van der Waals surface area contributed by atoms with Gasteiger partial charge in [0, 0.05) is 20.1 Å². The van der Waals surface area contributed by atoms with Crippen LogP contribution in [0.5, 0.6) is 0 Å². The van der Waals surface area contributed by atoms with E-state index in [1.165, 1.54) is 32.1 Å². The van der Waals surface area contributed by atoms with Gasteiger partial charge in [-0.1, -0.05) is 39.0 Å². The zero-order valence-corrected chi connectivity index (χ0v) is 12.0. The fourth-order valence-electron chi connectivity index (χ4n) is 2.52. The Morgan fingerprint density at radius 2 is 1.64 bits per heavy atom. The lowest BCUT2D eigenvalue weighted by molar-refractivity contribution is -0.186. The van der Waals surface area contributed by atoms with Gasteiger partial charge in [-0.15, -0.1) is 0 Å². The van der Waals surface area contributed by atoms with Crippen molar-refractivity contribution in [2.45, 2.75) is 44.4 Å². The highest BCUT2D eigenvalue weighted by Crippen LogP contribution is 2.35. The largest absolute Gasteiger partial charge is 0.358 e. The molecule has 0 bridgehead atoms. The van der Waals surface area contributed by atoms with Crippen LogP contribution in [-0.2, 0) is 9.47 Å². The maximum atomic E-state index is 5.54. The monoisotopic (exact) mass is 216 g/mol. The molecule has 0 saturated heterocycles. The summed E-state index contributed by atoms with van der Waals surface area (Å²) >= 11 is 0. The second-order valence-electron chi connectivity index (χ2n) is 4.61. The maximum Gasteiger partial charge on any atom is 0.143 e. The average Bonchev–Trinajstić information content (AvgIpc) is 2.28. The van der Waals surface area contributed by atoms with Crippen LogP contribution in [0.25, 0.3) is 0 Å². The van der Waals surface area contributed by atoms with Crippen molar-refractivity contribution in [3.63, 3.8) is 0 Å². The van der Waals surface area contributed by atoms with Gasteiger partial charge in [-0.05, 0) is 5.92 Å². The maximum absolute atomic E-state index is 5.54. The van der Waals surface area contributed by atoms with E-state index in [1.807, 2.05) is 0 Å². The molecule has 14 heavy (non-hydrogen) atoms. The van der Waals surface area contributed by atoms with Gasteiger partial charge in [0.2, 0.25) is 0 Å². The molecule has 0 amide bonds. The Balaban J connectivity index is 2.56. The van der Waals surface area contributed by atoms with Gasteiger partial charge in [0.25, 0.3) is 0 Å². The Labute approximate surface area is 90.8 Å². The molecular formula is C11H24O2Si. The summed E-state index contributed by atoms with van der Waals surface area (Å²) in [7, 11) is 4.49. The molecule has 1 aliphatic carbocycles. The zero-order chi connectivity index (χ0) is 10.6. The molecule has 1 saturated carbocycles. The molecule has 0 aromatic heterocycles. The lowest BCUT2D eigenvalue weighted by atomic mass is 9.80. The highest BCUT2D eigenvalue weighted by atomic mass is 28.1. The first-order valence-electron chi connectivity index (χ1n) is 5.74. The standard InChI is InChI=1S/C11H24O2Si/c1-9(11(14,12-2)13-3)10-7-5-4-6-8-10/h9-10H,4-8H2,1-3,14H3. The third-order valence-corrected chi connectivity index (χ3v) is 5.72. The molecule has 0 aromatic carbocycles. The summed E-state index contributed by atoms with van der Waals surface area (Å²) in [5.74, 6) is 1.35. The molecule has 0 radical (unpaired) electrons. The Kier molecular flexibility index (Phi) is 4.61. The molecule has 1 unspecified atom stereocenters. The van der Waals surface area contributed by atoms with Crippen molar-refractivity contribution in [3.05, 3.63) is 0 Å². The Bertz CT molecular complexity index is 163. The van der Waals surface area contributed by atoms with Crippen LogP contribution < -0.4 is 0 Å². The summed E-state index contributed by atoms with van der Waals surface area (Å²) in [6, 6.07) is 0. The van der Waals surface area contributed by atoms with Crippen LogP contribution in [0.2, 0.25) is 0 Å². The summed E-state index contributed by atoms with van der Waals surface area (Å²) in [5.41, 5.74) is -0.262. The quantitative estimate of drug-likeness (QED) is 0.524. The molecule has 1 aliphatic rings. The predicted octanol–water partition coefficient (Wildman–Crippen LogP) is 1.51. The summed E-state index contributed by atoms with van der Waals surface area (Å²) in [6.07, 6.45) is 6.91. The highest BCUT2D eigenvalue weighted by Gasteiger charge is 2.36. The summed E-state index contributed by atoms with van der Waals surface area (Å²) in [5, 5.41) is 0. The first-order chi connectivity index (χ1) is 6.64. The molecule has 1 rings (SSSR count). The van der Waals surface area contributed by atoms with Crippen LogP contribution in [0, 0.1) is 11.8 Å². The fraction of sp³-hybridized carbons (Fsp3) is 1.00. The van der Waals surface area contributed by atoms with Gasteiger partial charge >= 0.3 is 0 Å². The van der Waals surface area contributed by atoms with Crippen molar-refractivity contribution >= 4 is 10.2 Å². The second kappa shape index (κ2) is 5.28. The van der Waals surface area contributed by atoms with Crippen molar-refractivity contribution in [3.8, 4) is 0 Å². The van der Waals surface area contributed by atoms with E-state index in [4.69, 9.17) is 9.47 Å². The van der Waals surface area contributed by atoms with Gasteiger partial charge in [-0.2, -0.15) is 0 Å². The third kappa shape index (κ3) is 2.58. The van der Waals surface area contributed by atoms with Crippen LogP contribution in [0.1, 0.15) is 39.0 Å². The summed E-state index contributed by atoms with van der Waals surface area (Å²) in [6.45, 7) is 2.29. The van der Waals surface area contributed by atoms with Gasteiger partial charge in [0.1, 0.15) is 5.41 Å². The molecular weight excluding hydrogens is 192 g/mol. The minimum atomic E-state index is -0.262. The number of rotatable bonds is 4. The zero-order valence-electron chi connectivity index (χ0n) is 10.0. The number of ether oxygens (including phenoxy) is 2. The molecule has 1 fully saturated rings. The first kappa shape index (κ1) is 12.2. The Morgan fingerprint density at radius 3 is 2.07 bits per heavy atom. The topological polar surface area (TPSA) is 18.5 Å². The molecule has 0 N–H and O–H groups in total. The highest BCUT2D eigenvalue weighted by molar-refractivity contribution is 6.13. The van der Waals surface area contributed by atoms with E-state index in [1.54, 1.807) is 14.2 Å². The number of hydrogen-bond donors (Lipinski definition) is 0. The Morgan fingerprint density at radius 1 is 1.14 bits per heavy atom. The lowest BCUT2D eigenvalue weighted by Crippen LogP contribution is -2.45. The molecule has 0 aliphatic heterocycles. The van der Waals surface area contributed by atoms with Crippen molar-refractivity contribution in [1.29, 1.82) is 0 Å². The minimum absolute atomic E-state index is 0.262. The molecule has 0 spiro atoms. The third-order valence-electron chi connectivity index (χ3n) is 3.99. The van der Waals surface area contributed by atoms with Gasteiger partial charge in [-0.3, -0.25) is 0 Å². The van der Waals surface area contributed by atoms with Crippen molar-refractivity contribution in [2.75, 3.05) is 14.2 Å². The average molecular weight is 216 g/mol. The molecule has 3 heteroatoms. The van der Waals surface area contributed by atoms with Crippen LogP contribution in [0.4, 0.5) is 0 Å². The van der Waals surface area contributed by atoms with Gasteiger partial charge in [0.05, 0.1) is 10.2 Å². The predicted molar refractivity (Wildman–Crippen MR) is 62.4 cm³/mol. The smallest absolute Gasteiger partial charge is 0.143 e. The molecule has 2 nitrogen and oxygen atoms in total. The fourth-order valence-corrected chi connectivity index (χ4v) is 2.99. The molecule has 0 aromatic rings. The first-order valence-corrected chi connectivity index (χ1v) is 6.74. The second-order valence-corrected chi connectivity index (χ2v) is 6.00. The van der Waals surface area contributed by atoms with E-state index >= 15 is 0 Å². The molecule has 0 heterocycles. The van der Waals surface area contributed by atoms with E-state index in [0.29, 0.717) is 5.92 Å². The number of hydrogen-bond acceptors (Lipinski definition) is 2. The summed E-state index contributed by atoms with van der Waals surface area (Å²) in [4.78, 5) is 0. The lowest BCUT2D eigenvalue weighted by Gasteiger charge is -2.39. The minimum Gasteiger partial charge on any atom is -0.358 e. The van der Waals surface area contributed by atoms with E-state index in [0.717, 1.165) is 16.2 Å². The van der Waals surface area contributed by atoms with E-state index in [9.17, 15) is 0 Å². The van der Waals surface area contributed by atoms with Crippen LogP contribution in [0.3, 0.4) is 0 Å². The van der Waals surface area contributed by atoms with Gasteiger partial charge in [0.15, 0.2) is 0 Å². The summed E-state index contributed by atoms with van der Waals surface area (Å²) < 4.78 is 11.1. The normalized spacial score (nSPS) is 22.5. The molecule has 84 valence electrons.